The lowest BCUT2D eigenvalue weighted by molar-refractivity contribution is -0.123. The van der Waals surface area contributed by atoms with Gasteiger partial charge < -0.3 is 14.8 Å². The molecule has 1 saturated carbocycles. The maximum absolute atomic E-state index is 12.6. The average Bonchev–Trinajstić information content (AvgIpc) is 2.78. The number of sulfonamides is 1. The highest BCUT2D eigenvalue weighted by molar-refractivity contribution is 7.89. The van der Waals surface area contributed by atoms with Crippen molar-refractivity contribution in [2.24, 2.45) is 0 Å². The second kappa shape index (κ2) is 10.6. The monoisotopic (exact) mass is 446 g/mol. The van der Waals surface area contributed by atoms with Gasteiger partial charge in [0.1, 0.15) is 11.5 Å². The fourth-order valence-corrected chi connectivity index (χ4v) is 4.94. The van der Waals surface area contributed by atoms with E-state index in [9.17, 15) is 13.2 Å². The quantitative estimate of drug-likeness (QED) is 0.614. The van der Waals surface area contributed by atoms with E-state index in [4.69, 9.17) is 9.47 Å². The van der Waals surface area contributed by atoms with Crippen LogP contribution in [0.4, 0.5) is 0 Å². The Hall–Kier alpha value is -2.58. The molecule has 0 radical (unpaired) electrons. The summed E-state index contributed by atoms with van der Waals surface area (Å²) in [5, 5.41) is 2.87. The van der Waals surface area contributed by atoms with Crippen LogP contribution in [0.15, 0.2) is 53.4 Å². The topological polar surface area (TPSA) is 93.7 Å². The summed E-state index contributed by atoms with van der Waals surface area (Å²) in [5.74, 6) is 0.924. The number of rotatable bonds is 9. The Bertz CT molecular complexity index is 952. The van der Waals surface area contributed by atoms with E-state index in [1.165, 1.54) is 12.1 Å². The van der Waals surface area contributed by atoms with Gasteiger partial charge in [0, 0.05) is 6.04 Å². The Morgan fingerprint density at radius 1 is 1.00 bits per heavy atom. The number of benzene rings is 2. The minimum absolute atomic E-state index is 0.00561. The lowest BCUT2D eigenvalue weighted by atomic mass is 9.96. The predicted molar refractivity (Wildman–Crippen MR) is 119 cm³/mol. The first-order valence-corrected chi connectivity index (χ1v) is 12.0. The molecule has 168 valence electrons. The first-order valence-electron chi connectivity index (χ1n) is 10.6. The van der Waals surface area contributed by atoms with Crippen molar-refractivity contribution in [3.8, 4) is 11.5 Å². The van der Waals surface area contributed by atoms with Crippen LogP contribution in [0.25, 0.3) is 0 Å². The molecule has 0 saturated heterocycles. The Labute approximate surface area is 184 Å². The first kappa shape index (κ1) is 23.1. The van der Waals surface area contributed by atoms with E-state index in [1.807, 2.05) is 31.2 Å². The molecular weight excluding hydrogens is 416 g/mol. The van der Waals surface area contributed by atoms with Crippen LogP contribution in [0.1, 0.15) is 50.6 Å². The molecule has 31 heavy (non-hydrogen) atoms. The van der Waals surface area contributed by atoms with Gasteiger partial charge in [-0.3, -0.25) is 4.79 Å². The molecule has 0 spiro atoms. The van der Waals surface area contributed by atoms with Gasteiger partial charge in [0.15, 0.2) is 6.61 Å². The molecular formula is C23H30N2O5S. The maximum atomic E-state index is 12.6. The van der Waals surface area contributed by atoms with Gasteiger partial charge in [0.05, 0.1) is 18.0 Å². The summed E-state index contributed by atoms with van der Waals surface area (Å²) >= 11 is 0. The SMILES string of the molecule is COc1ccc([C@H](C)NC(=O)COc2ccc(S(=O)(=O)NC3CCCCC3)cc2)cc1. The molecule has 1 aliphatic carbocycles. The molecule has 2 aromatic carbocycles. The van der Waals surface area contributed by atoms with Gasteiger partial charge in [-0.25, -0.2) is 13.1 Å². The van der Waals surface area contributed by atoms with Gasteiger partial charge >= 0.3 is 0 Å². The van der Waals surface area contributed by atoms with E-state index in [-0.39, 0.29) is 29.5 Å². The lowest BCUT2D eigenvalue weighted by Crippen LogP contribution is -2.36. The summed E-state index contributed by atoms with van der Waals surface area (Å²) in [6.45, 7) is 1.73. The summed E-state index contributed by atoms with van der Waals surface area (Å²) in [7, 11) is -1.95. The number of methoxy groups -OCH3 is 1. The smallest absolute Gasteiger partial charge is 0.258 e. The van der Waals surface area contributed by atoms with Crippen molar-refractivity contribution in [3.63, 3.8) is 0 Å². The minimum Gasteiger partial charge on any atom is -0.497 e. The van der Waals surface area contributed by atoms with Gasteiger partial charge in [0.25, 0.3) is 5.91 Å². The molecule has 2 N–H and O–H groups in total. The van der Waals surface area contributed by atoms with E-state index in [1.54, 1.807) is 19.2 Å². The Morgan fingerprint density at radius 3 is 2.23 bits per heavy atom. The Balaban J connectivity index is 1.49. The van der Waals surface area contributed by atoms with Crippen molar-refractivity contribution in [1.82, 2.24) is 10.0 Å². The van der Waals surface area contributed by atoms with Gasteiger partial charge in [-0.15, -0.1) is 0 Å². The van der Waals surface area contributed by atoms with Crippen LogP contribution < -0.4 is 19.5 Å². The zero-order chi connectivity index (χ0) is 22.3. The highest BCUT2D eigenvalue weighted by atomic mass is 32.2. The van der Waals surface area contributed by atoms with Crippen molar-refractivity contribution >= 4 is 15.9 Å². The van der Waals surface area contributed by atoms with Crippen molar-refractivity contribution in [3.05, 3.63) is 54.1 Å². The number of hydrogen-bond donors (Lipinski definition) is 2. The summed E-state index contributed by atoms with van der Waals surface area (Å²) in [5.41, 5.74) is 0.953. The number of carbonyl (C=O) groups is 1. The number of nitrogens with one attached hydrogen (secondary N) is 2. The van der Waals surface area contributed by atoms with E-state index >= 15 is 0 Å². The largest absolute Gasteiger partial charge is 0.497 e. The molecule has 0 heterocycles. The van der Waals surface area contributed by atoms with E-state index in [2.05, 4.69) is 10.0 Å². The Morgan fingerprint density at radius 2 is 1.61 bits per heavy atom. The predicted octanol–water partition coefficient (Wildman–Crippen LogP) is 3.56. The number of carbonyl (C=O) groups excluding carboxylic acids is 1. The van der Waals surface area contributed by atoms with Crippen LogP contribution in [-0.2, 0) is 14.8 Å². The standard InChI is InChI=1S/C23H30N2O5S/c1-17(18-8-10-20(29-2)11-9-18)24-23(26)16-30-21-12-14-22(15-13-21)31(27,28)25-19-6-4-3-5-7-19/h8-15,17,19,25H,3-7,16H2,1-2H3,(H,24,26)/t17-/m0/s1. The fraction of sp³-hybridized carbons (Fsp3) is 0.435. The van der Waals surface area contributed by atoms with Crippen LogP contribution in [0.5, 0.6) is 11.5 Å². The number of ether oxygens (including phenoxy) is 2. The zero-order valence-corrected chi connectivity index (χ0v) is 18.8. The van der Waals surface area contributed by atoms with Crippen LogP contribution in [0.3, 0.4) is 0 Å². The van der Waals surface area contributed by atoms with E-state index in [0.717, 1.165) is 43.4 Å². The third-order valence-electron chi connectivity index (χ3n) is 5.42. The summed E-state index contributed by atoms with van der Waals surface area (Å²) < 4.78 is 38.5. The fourth-order valence-electron chi connectivity index (χ4n) is 3.63. The first-order chi connectivity index (χ1) is 14.9. The van der Waals surface area contributed by atoms with Crippen molar-refractivity contribution < 1.29 is 22.7 Å². The van der Waals surface area contributed by atoms with Crippen molar-refractivity contribution in [2.45, 2.75) is 56.0 Å². The highest BCUT2D eigenvalue weighted by Gasteiger charge is 2.21. The van der Waals surface area contributed by atoms with E-state index < -0.39 is 10.0 Å². The van der Waals surface area contributed by atoms with Crippen molar-refractivity contribution in [1.29, 1.82) is 0 Å². The average molecular weight is 447 g/mol. The van der Waals surface area contributed by atoms with E-state index in [0.29, 0.717) is 5.75 Å². The molecule has 7 nitrogen and oxygen atoms in total. The van der Waals surface area contributed by atoms with Crippen LogP contribution in [0, 0.1) is 0 Å². The second-order valence-electron chi connectivity index (χ2n) is 7.78. The highest BCUT2D eigenvalue weighted by Crippen LogP contribution is 2.21. The van der Waals surface area contributed by atoms with Gasteiger partial charge in [-0.05, 0) is 61.7 Å². The summed E-state index contributed by atoms with van der Waals surface area (Å²) in [6, 6.07) is 13.4. The molecule has 8 heteroatoms. The molecule has 0 aromatic heterocycles. The summed E-state index contributed by atoms with van der Waals surface area (Å²) in [4.78, 5) is 12.4. The van der Waals surface area contributed by atoms with Crippen molar-refractivity contribution in [2.75, 3.05) is 13.7 Å². The molecule has 1 amide bonds. The summed E-state index contributed by atoms with van der Waals surface area (Å²) in [6.07, 6.45) is 5.03. The lowest BCUT2D eigenvalue weighted by Gasteiger charge is -2.22. The van der Waals surface area contributed by atoms with Crippen LogP contribution in [0.2, 0.25) is 0 Å². The van der Waals surface area contributed by atoms with Gasteiger partial charge in [-0.1, -0.05) is 31.4 Å². The normalized spacial score (nSPS) is 15.8. The third-order valence-corrected chi connectivity index (χ3v) is 6.96. The maximum Gasteiger partial charge on any atom is 0.258 e. The Kier molecular flexibility index (Phi) is 7.92. The molecule has 0 bridgehead atoms. The van der Waals surface area contributed by atoms with Crippen LogP contribution >= 0.6 is 0 Å². The molecule has 0 unspecified atom stereocenters. The molecule has 1 atom stereocenters. The second-order valence-corrected chi connectivity index (χ2v) is 9.49. The molecule has 2 aromatic rings. The third kappa shape index (κ3) is 6.70. The van der Waals surface area contributed by atoms with Gasteiger partial charge in [0.2, 0.25) is 10.0 Å². The molecule has 0 aliphatic heterocycles. The minimum atomic E-state index is -3.55. The molecule has 1 aliphatic rings. The molecule has 3 rings (SSSR count). The van der Waals surface area contributed by atoms with Crippen LogP contribution in [-0.4, -0.2) is 34.1 Å². The van der Waals surface area contributed by atoms with Gasteiger partial charge in [-0.2, -0.15) is 0 Å². The number of hydrogen-bond acceptors (Lipinski definition) is 5. The zero-order valence-electron chi connectivity index (χ0n) is 18.0. The number of amides is 1. The molecule has 1 fully saturated rings.